The van der Waals surface area contributed by atoms with Crippen molar-refractivity contribution >= 4 is 27.0 Å². The van der Waals surface area contributed by atoms with Gasteiger partial charge in [0.2, 0.25) is 16.0 Å². The Balaban J connectivity index is 1.39. The number of nitrogens with zero attached hydrogens (tertiary/aromatic N) is 5. The third kappa shape index (κ3) is 4.15. The van der Waals surface area contributed by atoms with Crippen molar-refractivity contribution in [3.05, 3.63) is 42.9 Å². The molecular weight excluding hydrogens is 376 g/mol. The van der Waals surface area contributed by atoms with Gasteiger partial charge in [0.15, 0.2) is 0 Å². The van der Waals surface area contributed by atoms with Crippen LogP contribution in [0.1, 0.15) is 19.3 Å². The molecule has 0 bridgehead atoms. The van der Waals surface area contributed by atoms with Crippen molar-refractivity contribution < 1.29 is 8.42 Å². The van der Waals surface area contributed by atoms with E-state index in [2.05, 4.69) is 20.3 Å². The van der Waals surface area contributed by atoms with Crippen molar-refractivity contribution in [3.63, 3.8) is 0 Å². The van der Waals surface area contributed by atoms with Gasteiger partial charge in [0.05, 0.1) is 17.3 Å². The summed E-state index contributed by atoms with van der Waals surface area (Å²) in [4.78, 5) is 13.3. The second kappa shape index (κ2) is 7.84. The lowest BCUT2D eigenvalue weighted by molar-refractivity contribution is 0.260. The molecule has 1 N–H and O–H groups in total. The molecule has 0 spiro atoms. The highest BCUT2D eigenvalue weighted by Gasteiger charge is 2.25. The van der Waals surface area contributed by atoms with Crippen LogP contribution in [0, 0.1) is 5.92 Å². The fourth-order valence-corrected chi connectivity index (χ4v) is 4.60. The highest BCUT2D eigenvalue weighted by Crippen LogP contribution is 2.21. The van der Waals surface area contributed by atoms with Crippen LogP contribution in [-0.2, 0) is 10.0 Å². The third-order valence-corrected chi connectivity index (χ3v) is 6.40. The fourth-order valence-electron chi connectivity index (χ4n) is 3.66. The van der Waals surface area contributed by atoms with Crippen molar-refractivity contribution in [1.82, 2.24) is 23.8 Å². The van der Waals surface area contributed by atoms with E-state index in [0.29, 0.717) is 31.5 Å². The molecule has 0 radical (unpaired) electrons. The molecule has 0 aliphatic carbocycles. The lowest BCUT2D eigenvalue weighted by Crippen LogP contribution is -2.39. The maximum atomic E-state index is 11.8. The summed E-state index contributed by atoms with van der Waals surface area (Å²) in [5, 5.41) is 3.27. The average molecular weight is 401 g/mol. The zero-order valence-electron chi connectivity index (χ0n) is 15.8. The SMILES string of the molecule is CS(=O)(=O)N1CCCC(CCNc2nccc(-n3cnc4ccccc43)n2)C1. The second-order valence-corrected chi connectivity index (χ2v) is 9.17. The molecular formula is C19H24N6O2S. The first-order chi connectivity index (χ1) is 13.5. The average Bonchev–Trinajstić information content (AvgIpc) is 3.12. The molecule has 1 fully saturated rings. The molecule has 1 aliphatic heterocycles. The molecule has 2 aromatic heterocycles. The number of sulfonamides is 1. The first-order valence-electron chi connectivity index (χ1n) is 9.45. The molecule has 3 heterocycles. The Morgan fingerprint density at radius 1 is 1.21 bits per heavy atom. The van der Waals surface area contributed by atoms with Crippen molar-refractivity contribution in [2.45, 2.75) is 19.3 Å². The Morgan fingerprint density at radius 3 is 2.93 bits per heavy atom. The van der Waals surface area contributed by atoms with Gasteiger partial charge in [-0.15, -0.1) is 0 Å². The van der Waals surface area contributed by atoms with Crippen LogP contribution in [0.3, 0.4) is 0 Å². The van der Waals surface area contributed by atoms with Gasteiger partial charge in [-0.05, 0) is 43.4 Å². The summed E-state index contributed by atoms with van der Waals surface area (Å²) in [7, 11) is -3.11. The summed E-state index contributed by atoms with van der Waals surface area (Å²) in [6, 6.07) is 9.77. The molecule has 9 heteroatoms. The number of piperidine rings is 1. The Kier molecular flexibility index (Phi) is 5.27. The Bertz CT molecular complexity index is 1060. The zero-order valence-corrected chi connectivity index (χ0v) is 16.6. The molecule has 28 heavy (non-hydrogen) atoms. The molecule has 148 valence electrons. The van der Waals surface area contributed by atoms with Crippen molar-refractivity contribution in [3.8, 4) is 5.82 Å². The van der Waals surface area contributed by atoms with Crippen molar-refractivity contribution in [1.29, 1.82) is 0 Å². The van der Waals surface area contributed by atoms with Gasteiger partial charge in [-0.25, -0.2) is 22.7 Å². The minimum absolute atomic E-state index is 0.358. The Hall–Kier alpha value is -2.52. The number of benzene rings is 1. The molecule has 3 aromatic rings. The van der Waals surface area contributed by atoms with E-state index in [1.165, 1.54) is 6.26 Å². The number of nitrogens with one attached hydrogen (secondary N) is 1. The Morgan fingerprint density at radius 2 is 2.07 bits per heavy atom. The van der Waals surface area contributed by atoms with E-state index in [-0.39, 0.29) is 0 Å². The third-order valence-electron chi connectivity index (χ3n) is 5.13. The van der Waals surface area contributed by atoms with Crippen LogP contribution < -0.4 is 5.32 Å². The topological polar surface area (TPSA) is 93.0 Å². The van der Waals surface area contributed by atoms with Crippen LogP contribution in [0.5, 0.6) is 0 Å². The molecule has 0 saturated carbocycles. The van der Waals surface area contributed by atoms with E-state index in [1.54, 1.807) is 16.8 Å². The highest BCUT2D eigenvalue weighted by molar-refractivity contribution is 7.88. The van der Waals surface area contributed by atoms with Crippen LogP contribution >= 0.6 is 0 Å². The van der Waals surface area contributed by atoms with E-state index in [9.17, 15) is 8.42 Å². The summed E-state index contributed by atoms with van der Waals surface area (Å²) in [6.45, 7) is 1.94. The van der Waals surface area contributed by atoms with Gasteiger partial charge in [-0.3, -0.25) is 4.57 Å². The number of rotatable bonds is 6. The summed E-state index contributed by atoms with van der Waals surface area (Å²) >= 11 is 0. The second-order valence-electron chi connectivity index (χ2n) is 7.19. The maximum absolute atomic E-state index is 11.8. The maximum Gasteiger partial charge on any atom is 0.224 e. The van der Waals surface area contributed by atoms with E-state index in [4.69, 9.17) is 0 Å². The van der Waals surface area contributed by atoms with E-state index >= 15 is 0 Å². The molecule has 8 nitrogen and oxygen atoms in total. The molecule has 1 aliphatic rings. The van der Waals surface area contributed by atoms with E-state index in [0.717, 1.165) is 36.1 Å². The van der Waals surface area contributed by atoms with Gasteiger partial charge in [0, 0.05) is 25.8 Å². The van der Waals surface area contributed by atoms with Crippen LogP contribution in [0.4, 0.5) is 5.95 Å². The summed E-state index contributed by atoms with van der Waals surface area (Å²) in [6.07, 6.45) is 7.62. The zero-order chi connectivity index (χ0) is 19.6. The minimum atomic E-state index is -3.11. The first kappa shape index (κ1) is 18.8. The quantitative estimate of drug-likeness (QED) is 0.682. The predicted octanol–water partition coefficient (Wildman–Crippen LogP) is 2.29. The number of imidazole rings is 1. The number of para-hydroxylation sites is 2. The van der Waals surface area contributed by atoms with E-state index < -0.39 is 10.0 Å². The number of aromatic nitrogens is 4. The normalized spacial score (nSPS) is 18.4. The van der Waals surface area contributed by atoms with Gasteiger partial charge >= 0.3 is 0 Å². The summed E-state index contributed by atoms with van der Waals surface area (Å²) < 4.78 is 27.0. The molecule has 1 atom stereocenters. The monoisotopic (exact) mass is 400 g/mol. The first-order valence-corrected chi connectivity index (χ1v) is 11.3. The summed E-state index contributed by atoms with van der Waals surface area (Å²) in [5.74, 6) is 1.68. The van der Waals surface area contributed by atoms with Gasteiger partial charge in [-0.2, -0.15) is 4.98 Å². The molecule has 1 unspecified atom stereocenters. The van der Waals surface area contributed by atoms with Crippen LogP contribution in [0.15, 0.2) is 42.9 Å². The lowest BCUT2D eigenvalue weighted by atomic mass is 9.96. The van der Waals surface area contributed by atoms with Crippen LogP contribution in [0.25, 0.3) is 16.9 Å². The standard InChI is InChI=1S/C19H24N6O2S/c1-28(26,27)24-12-4-5-15(13-24)8-10-20-19-21-11-9-18(23-19)25-14-22-16-6-2-3-7-17(16)25/h2-3,6-7,9,11,14-15H,4-5,8,10,12-13H2,1H3,(H,20,21,23). The lowest BCUT2D eigenvalue weighted by Gasteiger charge is -2.30. The van der Waals surface area contributed by atoms with Gasteiger partial charge < -0.3 is 5.32 Å². The van der Waals surface area contributed by atoms with Crippen molar-refractivity contribution in [2.75, 3.05) is 31.2 Å². The fraction of sp³-hybridized carbons (Fsp3) is 0.421. The smallest absolute Gasteiger partial charge is 0.224 e. The molecule has 4 rings (SSSR count). The predicted molar refractivity (Wildman–Crippen MR) is 109 cm³/mol. The molecule has 1 aromatic carbocycles. The van der Waals surface area contributed by atoms with E-state index in [1.807, 2.05) is 34.9 Å². The largest absolute Gasteiger partial charge is 0.354 e. The highest BCUT2D eigenvalue weighted by atomic mass is 32.2. The number of hydrogen-bond donors (Lipinski definition) is 1. The van der Waals surface area contributed by atoms with Gasteiger partial charge in [0.25, 0.3) is 0 Å². The number of fused-ring (bicyclic) bond motifs is 1. The van der Waals surface area contributed by atoms with Crippen LogP contribution in [-0.4, -0.2) is 58.1 Å². The molecule has 0 amide bonds. The van der Waals surface area contributed by atoms with Crippen molar-refractivity contribution in [2.24, 2.45) is 5.92 Å². The molecule has 1 saturated heterocycles. The summed E-state index contributed by atoms with van der Waals surface area (Å²) in [5.41, 5.74) is 1.92. The minimum Gasteiger partial charge on any atom is -0.354 e. The number of hydrogen-bond acceptors (Lipinski definition) is 6. The van der Waals surface area contributed by atoms with Gasteiger partial charge in [-0.1, -0.05) is 12.1 Å². The van der Waals surface area contributed by atoms with Gasteiger partial charge in [0.1, 0.15) is 12.1 Å². The Labute approximate surface area is 164 Å². The number of anilines is 1. The van der Waals surface area contributed by atoms with Crippen LogP contribution in [0.2, 0.25) is 0 Å².